The molecule has 0 saturated carbocycles. The van der Waals surface area contributed by atoms with Crippen molar-refractivity contribution in [2.75, 3.05) is 6.26 Å². The molecule has 0 N–H and O–H groups in total. The predicted octanol–water partition coefficient (Wildman–Crippen LogP) is 3.58. The van der Waals surface area contributed by atoms with Crippen LogP contribution in [-0.4, -0.2) is 23.4 Å². The van der Waals surface area contributed by atoms with Crippen molar-refractivity contribution in [3.05, 3.63) is 12.2 Å². The number of ether oxygens (including phenoxy) is 1. The largest absolute Gasteiger partial charge is 0.450 e. The first kappa shape index (κ1) is 14.3. The molecule has 0 amide bonds. The van der Waals surface area contributed by atoms with E-state index in [2.05, 4.69) is 0 Å². The average Bonchev–Trinajstić information content (AvgIpc) is 2.25. The van der Waals surface area contributed by atoms with Crippen LogP contribution in [0, 0.1) is 5.41 Å². The number of carbonyl (C=O) groups excluding carboxylic acids is 2. The SMILES string of the molecule is CSC(=O)OC1/C=C/CC(C)(C(C)=O)CCC1. The number of Topliss-reactive ketones (excluding diaryl/α,β-unsaturated/α-hetero) is 1. The van der Waals surface area contributed by atoms with Gasteiger partial charge in [0.25, 0.3) is 0 Å². The summed E-state index contributed by atoms with van der Waals surface area (Å²) >= 11 is 1.09. The number of carbonyl (C=O) groups is 2. The highest BCUT2D eigenvalue weighted by Crippen LogP contribution is 2.32. The third-order valence-corrected chi connectivity index (χ3v) is 3.83. The third kappa shape index (κ3) is 4.19. The van der Waals surface area contributed by atoms with Gasteiger partial charge in [0.15, 0.2) is 0 Å². The molecule has 0 aliphatic heterocycles. The van der Waals surface area contributed by atoms with Crippen molar-refractivity contribution in [3.63, 3.8) is 0 Å². The summed E-state index contributed by atoms with van der Waals surface area (Å²) in [6, 6.07) is 0. The molecule has 0 fully saturated rings. The molecule has 0 heterocycles. The molecule has 0 spiro atoms. The van der Waals surface area contributed by atoms with Crippen molar-refractivity contribution in [1.82, 2.24) is 0 Å². The molecular formula is C13H20O3S. The molecule has 0 aromatic rings. The zero-order valence-corrected chi connectivity index (χ0v) is 11.5. The first-order chi connectivity index (χ1) is 7.98. The second kappa shape index (κ2) is 6.24. The fourth-order valence-electron chi connectivity index (χ4n) is 1.96. The van der Waals surface area contributed by atoms with Gasteiger partial charge in [-0.15, -0.1) is 0 Å². The van der Waals surface area contributed by atoms with E-state index in [4.69, 9.17) is 4.74 Å². The highest BCUT2D eigenvalue weighted by atomic mass is 32.2. The van der Waals surface area contributed by atoms with Crippen molar-refractivity contribution >= 4 is 22.8 Å². The number of allylic oxidation sites excluding steroid dienone is 1. The molecular weight excluding hydrogens is 236 g/mol. The Morgan fingerprint density at radius 1 is 1.47 bits per heavy atom. The Labute approximate surface area is 107 Å². The first-order valence-corrected chi connectivity index (χ1v) is 7.13. The van der Waals surface area contributed by atoms with Gasteiger partial charge in [0, 0.05) is 5.41 Å². The average molecular weight is 256 g/mol. The van der Waals surface area contributed by atoms with Crippen LogP contribution >= 0.6 is 11.8 Å². The van der Waals surface area contributed by atoms with Crippen molar-refractivity contribution in [1.29, 1.82) is 0 Å². The lowest BCUT2D eigenvalue weighted by molar-refractivity contribution is -0.126. The van der Waals surface area contributed by atoms with E-state index in [0.29, 0.717) is 0 Å². The smallest absolute Gasteiger partial charge is 0.367 e. The Hall–Kier alpha value is -0.770. The van der Waals surface area contributed by atoms with Gasteiger partial charge < -0.3 is 4.74 Å². The summed E-state index contributed by atoms with van der Waals surface area (Å²) in [7, 11) is 0. The second-order valence-electron chi connectivity index (χ2n) is 4.75. The van der Waals surface area contributed by atoms with Gasteiger partial charge in [0.1, 0.15) is 11.9 Å². The van der Waals surface area contributed by atoms with Gasteiger partial charge >= 0.3 is 5.30 Å². The van der Waals surface area contributed by atoms with Gasteiger partial charge in [0.2, 0.25) is 0 Å². The van der Waals surface area contributed by atoms with Crippen LogP contribution in [0.3, 0.4) is 0 Å². The van der Waals surface area contributed by atoms with E-state index in [-0.39, 0.29) is 22.6 Å². The second-order valence-corrected chi connectivity index (χ2v) is 5.49. The normalized spacial score (nSPS) is 31.1. The molecule has 1 aliphatic carbocycles. The maximum Gasteiger partial charge on any atom is 0.367 e. The van der Waals surface area contributed by atoms with Gasteiger partial charge in [-0.1, -0.05) is 13.0 Å². The lowest BCUT2D eigenvalue weighted by atomic mass is 9.77. The van der Waals surface area contributed by atoms with Gasteiger partial charge in [-0.3, -0.25) is 4.79 Å². The fourth-order valence-corrected chi connectivity index (χ4v) is 2.18. The van der Waals surface area contributed by atoms with E-state index in [1.165, 1.54) is 0 Å². The summed E-state index contributed by atoms with van der Waals surface area (Å²) in [6.07, 6.45) is 8.76. The summed E-state index contributed by atoms with van der Waals surface area (Å²) in [5.41, 5.74) is -0.245. The van der Waals surface area contributed by atoms with E-state index < -0.39 is 0 Å². The summed E-state index contributed by atoms with van der Waals surface area (Å²) in [4.78, 5) is 22.7. The molecule has 4 heteroatoms. The highest BCUT2D eigenvalue weighted by Gasteiger charge is 2.29. The summed E-state index contributed by atoms with van der Waals surface area (Å²) in [6.45, 7) is 3.66. The summed E-state index contributed by atoms with van der Waals surface area (Å²) < 4.78 is 5.26. The predicted molar refractivity (Wildman–Crippen MR) is 70.2 cm³/mol. The van der Waals surface area contributed by atoms with Crippen LogP contribution in [0.15, 0.2) is 12.2 Å². The van der Waals surface area contributed by atoms with Gasteiger partial charge in [-0.05, 0) is 56.7 Å². The number of hydrogen-bond donors (Lipinski definition) is 0. The topological polar surface area (TPSA) is 43.4 Å². The zero-order chi connectivity index (χ0) is 12.9. The Bertz CT molecular complexity index is 325. The fraction of sp³-hybridized carbons (Fsp3) is 0.692. The van der Waals surface area contributed by atoms with Crippen LogP contribution < -0.4 is 0 Å². The quantitative estimate of drug-likeness (QED) is 0.559. The van der Waals surface area contributed by atoms with E-state index in [9.17, 15) is 9.59 Å². The minimum absolute atomic E-state index is 0.133. The van der Waals surface area contributed by atoms with Crippen LogP contribution in [0.4, 0.5) is 4.79 Å². The standard InChI is InChI=1S/C13H20O3S/c1-10(14)13(2)8-4-6-11(7-5-9-13)16-12(15)17-3/h4,6,11H,5,7-9H2,1-3H3/b6-4+. The van der Waals surface area contributed by atoms with Crippen molar-refractivity contribution in [2.24, 2.45) is 5.41 Å². The van der Waals surface area contributed by atoms with Crippen molar-refractivity contribution in [2.45, 2.75) is 45.6 Å². The lowest BCUT2D eigenvalue weighted by Gasteiger charge is -2.28. The maximum atomic E-state index is 11.6. The van der Waals surface area contributed by atoms with Crippen LogP contribution in [0.1, 0.15) is 39.5 Å². The zero-order valence-electron chi connectivity index (χ0n) is 10.7. The van der Waals surface area contributed by atoms with E-state index in [1.807, 2.05) is 19.1 Å². The van der Waals surface area contributed by atoms with Crippen LogP contribution in [-0.2, 0) is 9.53 Å². The molecule has 17 heavy (non-hydrogen) atoms. The molecule has 0 radical (unpaired) electrons. The molecule has 96 valence electrons. The summed E-state index contributed by atoms with van der Waals surface area (Å²) in [5, 5.41) is -0.241. The number of rotatable bonds is 2. The van der Waals surface area contributed by atoms with Gasteiger partial charge in [-0.2, -0.15) is 0 Å². The van der Waals surface area contributed by atoms with Crippen LogP contribution in [0.5, 0.6) is 0 Å². The van der Waals surface area contributed by atoms with Crippen LogP contribution in [0.25, 0.3) is 0 Å². The molecule has 3 nitrogen and oxygen atoms in total. The monoisotopic (exact) mass is 256 g/mol. The maximum absolute atomic E-state index is 11.6. The molecule has 0 aromatic heterocycles. The van der Waals surface area contributed by atoms with Crippen LogP contribution in [0.2, 0.25) is 0 Å². The van der Waals surface area contributed by atoms with E-state index in [1.54, 1.807) is 13.2 Å². The van der Waals surface area contributed by atoms with Gasteiger partial charge in [-0.25, -0.2) is 4.79 Å². The molecule has 0 bridgehead atoms. The third-order valence-electron chi connectivity index (χ3n) is 3.40. The minimum atomic E-state index is -0.245. The minimum Gasteiger partial charge on any atom is -0.450 e. The molecule has 1 aliphatic rings. The van der Waals surface area contributed by atoms with E-state index in [0.717, 1.165) is 37.4 Å². The Morgan fingerprint density at radius 3 is 2.76 bits per heavy atom. The van der Waals surface area contributed by atoms with Crippen molar-refractivity contribution in [3.8, 4) is 0 Å². The Balaban J connectivity index is 2.61. The summed E-state index contributed by atoms with van der Waals surface area (Å²) in [5.74, 6) is 0.238. The molecule has 2 atom stereocenters. The number of hydrogen-bond acceptors (Lipinski definition) is 4. The Kier molecular flexibility index (Phi) is 5.25. The number of ketones is 1. The molecule has 2 unspecified atom stereocenters. The number of thioether (sulfide) groups is 1. The molecule has 0 aromatic carbocycles. The van der Waals surface area contributed by atoms with E-state index >= 15 is 0 Å². The lowest BCUT2D eigenvalue weighted by Crippen LogP contribution is -2.27. The highest BCUT2D eigenvalue weighted by molar-refractivity contribution is 8.12. The molecule has 0 saturated heterocycles. The molecule has 1 rings (SSSR count). The first-order valence-electron chi connectivity index (χ1n) is 5.90. The van der Waals surface area contributed by atoms with Crippen molar-refractivity contribution < 1.29 is 14.3 Å². The Morgan fingerprint density at radius 2 is 2.18 bits per heavy atom. The van der Waals surface area contributed by atoms with Gasteiger partial charge in [0.05, 0.1) is 0 Å².